The number of hydrogen-bond acceptors (Lipinski definition) is 3. The Morgan fingerprint density at radius 1 is 1.53 bits per heavy atom. The van der Waals surface area contributed by atoms with E-state index >= 15 is 0 Å². The van der Waals surface area contributed by atoms with Crippen LogP contribution in [0, 0.1) is 18.3 Å². The van der Waals surface area contributed by atoms with Crippen LogP contribution in [0.15, 0.2) is 18.2 Å². The van der Waals surface area contributed by atoms with Gasteiger partial charge in [0.2, 0.25) is 0 Å². The van der Waals surface area contributed by atoms with Crippen molar-refractivity contribution in [2.45, 2.75) is 19.4 Å². The molecule has 1 fully saturated rings. The second-order valence-corrected chi connectivity index (χ2v) is 3.84. The van der Waals surface area contributed by atoms with Crippen LogP contribution in [0.1, 0.15) is 17.5 Å². The topological polar surface area (TPSA) is 45.0 Å². The molecule has 1 aliphatic heterocycles. The highest BCUT2D eigenvalue weighted by Gasteiger charge is 2.17. The summed E-state index contributed by atoms with van der Waals surface area (Å²) >= 11 is 0. The number of nitrogens with zero attached hydrogens (tertiary/aromatic N) is 1. The monoisotopic (exact) mass is 202 g/mol. The molecule has 1 aromatic carbocycles. The van der Waals surface area contributed by atoms with Gasteiger partial charge in [0.05, 0.1) is 5.56 Å². The molecule has 3 nitrogen and oxygen atoms in total. The molecule has 0 saturated carbocycles. The van der Waals surface area contributed by atoms with Crippen LogP contribution in [-0.2, 0) is 0 Å². The Balaban J connectivity index is 2.16. The average molecular weight is 202 g/mol. The Kier molecular flexibility index (Phi) is 2.89. The Bertz CT molecular complexity index is 389. The summed E-state index contributed by atoms with van der Waals surface area (Å²) in [5.41, 5.74) is 1.71. The number of nitriles is 1. The third kappa shape index (κ3) is 2.28. The van der Waals surface area contributed by atoms with E-state index in [-0.39, 0.29) is 6.10 Å². The molecule has 15 heavy (non-hydrogen) atoms. The molecule has 1 heterocycles. The molecule has 0 radical (unpaired) electrons. The zero-order valence-electron chi connectivity index (χ0n) is 8.79. The van der Waals surface area contributed by atoms with Gasteiger partial charge in [-0.15, -0.1) is 0 Å². The number of aryl methyl sites for hydroxylation is 1. The molecular weight excluding hydrogens is 188 g/mol. The van der Waals surface area contributed by atoms with Gasteiger partial charge in [-0.25, -0.2) is 0 Å². The lowest BCUT2D eigenvalue weighted by Gasteiger charge is -2.13. The van der Waals surface area contributed by atoms with E-state index in [4.69, 9.17) is 10.00 Å². The van der Waals surface area contributed by atoms with Crippen LogP contribution in [0.25, 0.3) is 0 Å². The number of rotatable bonds is 2. The lowest BCUT2D eigenvalue weighted by Crippen LogP contribution is -2.20. The van der Waals surface area contributed by atoms with Crippen LogP contribution in [0.4, 0.5) is 0 Å². The van der Waals surface area contributed by atoms with E-state index in [9.17, 15) is 0 Å². The summed E-state index contributed by atoms with van der Waals surface area (Å²) in [6, 6.07) is 7.88. The summed E-state index contributed by atoms with van der Waals surface area (Å²) in [6.45, 7) is 3.85. The standard InChI is InChI=1S/C12H14N2O/c1-9-2-3-12(10(6-9)7-13)15-11-4-5-14-8-11/h2-3,6,11,14H,4-5,8H2,1H3. The summed E-state index contributed by atoms with van der Waals surface area (Å²) in [6.07, 6.45) is 1.22. The first-order valence-corrected chi connectivity index (χ1v) is 5.18. The van der Waals surface area contributed by atoms with E-state index < -0.39 is 0 Å². The van der Waals surface area contributed by atoms with Crippen LogP contribution in [0.2, 0.25) is 0 Å². The molecule has 1 N–H and O–H groups in total. The summed E-state index contributed by atoms with van der Waals surface area (Å²) < 4.78 is 5.77. The third-order valence-electron chi connectivity index (χ3n) is 2.56. The summed E-state index contributed by atoms with van der Waals surface area (Å²) in [7, 11) is 0. The van der Waals surface area contributed by atoms with Crippen LogP contribution in [0.3, 0.4) is 0 Å². The molecule has 0 aliphatic carbocycles. The molecule has 1 aromatic rings. The van der Waals surface area contributed by atoms with Gasteiger partial charge in [-0.2, -0.15) is 5.26 Å². The fourth-order valence-electron chi connectivity index (χ4n) is 1.74. The average Bonchev–Trinajstić information content (AvgIpc) is 2.73. The van der Waals surface area contributed by atoms with Crippen molar-refractivity contribution in [2.24, 2.45) is 0 Å². The highest BCUT2D eigenvalue weighted by atomic mass is 16.5. The molecule has 1 unspecified atom stereocenters. The molecule has 0 bridgehead atoms. The smallest absolute Gasteiger partial charge is 0.137 e. The van der Waals surface area contributed by atoms with E-state index in [0.29, 0.717) is 11.3 Å². The molecular formula is C12H14N2O. The van der Waals surface area contributed by atoms with Gasteiger partial charge in [0.25, 0.3) is 0 Å². The SMILES string of the molecule is Cc1ccc(OC2CCNC2)c(C#N)c1. The molecule has 1 aliphatic rings. The van der Waals surface area contributed by atoms with Crippen LogP contribution < -0.4 is 10.1 Å². The van der Waals surface area contributed by atoms with Crippen molar-refractivity contribution in [3.05, 3.63) is 29.3 Å². The quantitative estimate of drug-likeness (QED) is 0.792. The van der Waals surface area contributed by atoms with Crippen molar-refractivity contribution < 1.29 is 4.74 Å². The minimum atomic E-state index is 0.208. The van der Waals surface area contributed by atoms with Gasteiger partial charge in [-0.05, 0) is 37.6 Å². The van der Waals surface area contributed by atoms with E-state index in [0.717, 1.165) is 25.1 Å². The van der Waals surface area contributed by atoms with E-state index in [1.165, 1.54) is 0 Å². The molecule has 2 rings (SSSR count). The minimum Gasteiger partial charge on any atom is -0.488 e. The predicted octanol–water partition coefficient (Wildman–Crippen LogP) is 1.61. The Morgan fingerprint density at radius 2 is 2.40 bits per heavy atom. The van der Waals surface area contributed by atoms with Crippen molar-refractivity contribution >= 4 is 0 Å². The van der Waals surface area contributed by atoms with Crippen molar-refractivity contribution in [1.82, 2.24) is 5.32 Å². The number of hydrogen-bond donors (Lipinski definition) is 1. The van der Waals surface area contributed by atoms with Gasteiger partial charge in [-0.1, -0.05) is 6.07 Å². The highest BCUT2D eigenvalue weighted by molar-refractivity contribution is 5.45. The summed E-state index contributed by atoms with van der Waals surface area (Å²) in [5.74, 6) is 0.705. The van der Waals surface area contributed by atoms with E-state index in [1.54, 1.807) is 0 Å². The van der Waals surface area contributed by atoms with Gasteiger partial charge >= 0.3 is 0 Å². The third-order valence-corrected chi connectivity index (χ3v) is 2.56. The summed E-state index contributed by atoms with van der Waals surface area (Å²) in [4.78, 5) is 0. The Labute approximate surface area is 89.7 Å². The second-order valence-electron chi connectivity index (χ2n) is 3.84. The second kappa shape index (κ2) is 4.33. The zero-order chi connectivity index (χ0) is 10.7. The van der Waals surface area contributed by atoms with E-state index in [1.807, 2.05) is 25.1 Å². The minimum absolute atomic E-state index is 0.208. The van der Waals surface area contributed by atoms with Crippen molar-refractivity contribution in [3.63, 3.8) is 0 Å². The lowest BCUT2D eigenvalue weighted by atomic mass is 10.1. The molecule has 0 amide bonds. The van der Waals surface area contributed by atoms with Gasteiger partial charge in [-0.3, -0.25) is 0 Å². The number of nitrogens with one attached hydrogen (secondary N) is 1. The Hall–Kier alpha value is -1.53. The number of ether oxygens (including phenoxy) is 1. The molecule has 1 atom stereocenters. The maximum atomic E-state index is 8.97. The first kappa shape index (κ1) is 10.0. The van der Waals surface area contributed by atoms with E-state index in [2.05, 4.69) is 11.4 Å². The maximum Gasteiger partial charge on any atom is 0.137 e. The molecule has 78 valence electrons. The van der Waals surface area contributed by atoms with Gasteiger partial charge in [0.1, 0.15) is 17.9 Å². The largest absolute Gasteiger partial charge is 0.488 e. The fraction of sp³-hybridized carbons (Fsp3) is 0.417. The number of benzene rings is 1. The van der Waals surface area contributed by atoms with Crippen LogP contribution >= 0.6 is 0 Å². The Morgan fingerprint density at radius 3 is 3.07 bits per heavy atom. The fourth-order valence-corrected chi connectivity index (χ4v) is 1.74. The first-order chi connectivity index (χ1) is 7.29. The van der Waals surface area contributed by atoms with Gasteiger partial charge in [0.15, 0.2) is 0 Å². The van der Waals surface area contributed by atoms with Gasteiger partial charge < -0.3 is 10.1 Å². The summed E-state index contributed by atoms with van der Waals surface area (Å²) in [5, 5.41) is 12.2. The van der Waals surface area contributed by atoms with Crippen LogP contribution in [-0.4, -0.2) is 19.2 Å². The highest BCUT2D eigenvalue weighted by Crippen LogP contribution is 2.21. The zero-order valence-corrected chi connectivity index (χ0v) is 8.79. The molecule has 0 aromatic heterocycles. The molecule has 3 heteroatoms. The molecule has 0 spiro atoms. The molecule has 1 saturated heterocycles. The predicted molar refractivity (Wildman–Crippen MR) is 57.8 cm³/mol. The normalized spacial score (nSPS) is 19.9. The van der Waals surface area contributed by atoms with Gasteiger partial charge in [0, 0.05) is 6.54 Å². The lowest BCUT2D eigenvalue weighted by molar-refractivity contribution is 0.222. The van der Waals surface area contributed by atoms with Crippen molar-refractivity contribution in [2.75, 3.05) is 13.1 Å². The van der Waals surface area contributed by atoms with Crippen LogP contribution in [0.5, 0.6) is 5.75 Å². The first-order valence-electron chi connectivity index (χ1n) is 5.18. The van der Waals surface area contributed by atoms with Crippen molar-refractivity contribution in [1.29, 1.82) is 5.26 Å². The maximum absolute atomic E-state index is 8.97. The van der Waals surface area contributed by atoms with Crippen molar-refractivity contribution in [3.8, 4) is 11.8 Å².